The Morgan fingerprint density at radius 1 is 1.08 bits per heavy atom. The molecule has 0 aromatic heterocycles. The van der Waals surface area contributed by atoms with E-state index in [1.165, 1.54) is 11.0 Å². The molecule has 0 saturated heterocycles. The SMILES string of the molecule is CN(C)C(=O)COc1cccc(CNC(=O)Nc2ccc(F)c(F)c2)c1. The minimum absolute atomic E-state index is 0.0828. The number of ether oxygens (including phenoxy) is 1. The molecule has 0 bridgehead atoms. The maximum Gasteiger partial charge on any atom is 0.319 e. The number of rotatable bonds is 6. The average molecular weight is 363 g/mol. The van der Waals surface area contributed by atoms with E-state index < -0.39 is 17.7 Å². The van der Waals surface area contributed by atoms with Crippen LogP contribution in [0.25, 0.3) is 0 Å². The number of amides is 3. The quantitative estimate of drug-likeness (QED) is 0.829. The van der Waals surface area contributed by atoms with Crippen molar-refractivity contribution in [1.82, 2.24) is 10.2 Å². The van der Waals surface area contributed by atoms with Gasteiger partial charge in [0.25, 0.3) is 5.91 Å². The molecule has 2 aromatic carbocycles. The Morgan fingerprint density at radius 2 is 1.85 bits per heavy atom. The normalized spacial score (nSPS) is 10.2. The van der Waals surface area contributed by atoms with Gasteiger partial charge in [0.2, 0.25) is 0 Å². The Kier molecular flexibility index (Phi) is 6.48. The molecule has 0 atom stereocenters. The number of carbonyl (C=O) groups excluding carboxylic acids is 2. The van der Waals surface area contributed by atoms with E-state index >= 15 is 0 Å². The summed E-state index contributed by atoms with van der Waals surface area (Å²) < 4.78 is 31.4. The summed E-state index contributed by atoms with van der Waals surface area (Å²) in [5, 5.41) is 5.00. The van der Waals surface area contributed by atoms with Crippen LogP contribution >= 0.6 is 0 Å². The van der Waals surface area contributed by atoms with E-state index in [9.17, 15) is 18.4 Å². The van der Waals surface area contributed by atoms with Gasteiger partial charge in [0.1, 0.15) is 5.75 Å². The molecular weight excluding hydrogens is 344 g/mol. The molecule has 0 aliphatic rings. The van der Waals surface area contributed by atoms with Crippen LogP contribution in [0.2, 0.25) is 0 Å². The van der Waals surface area contributed by atoms with Crippen LogP contribution in [0.15, 0.2) is 42.5 Å². The van der Waals surface area contributed by atoms with Crippen LogP contribution in [0.5, 0.6) is 5.75 Å². The van der Waals surface area contributed by atoms with Crippen molar-refractivity contribution >= 4 is 17.6 Å². The monoisotopic (exact) mass is 363 g/mol. The van der Waals surface area contributed by atoms with Crippen LogP contribution < -0.4 is 15.4 Å². The molecule has 8 heteroatoms. The lowest BCUT2D eigenvalue weighted by Crippen LogP contribution is -2.28. The highest BCUT2D eigenvalue weighted by Gasteiger charge is 2.07. The highest BCUT2D eigenvalue weighted by molar-refractivity contribution is 5.89. The lowest BCUT2D eigenvalue weighted by molar-refractivity contribution is -0.130. The minimum Gasteiger partial charge on any atom is -0.484 e. The number of carbonyl (C=O) groups is 2. The number of halogens is 2. The van der Waals surface area contributed by atoms with Crippen molar-refractivity contribution in [3.8, 4) is 5.75 Å². The van der Waals surface area contributed by atoms with Crippen LogP contribution in [0.1, 0.15) is 5.56 Å². The molecule has 2 rings (SSSR count). The second-order valence-electron chi connectivity index (χ2n) is 5.66. The highest BCUT2D eigenvalue weighted by atomic mass is 19.2. The third-order valence-electron chi connectivity index (χ3n) is 3.39. The van der Waals surface area contributed by atoms with Crippen molar-refractivity contribution in [2.24, 2.45) is 0 Å². The minimum atomic E-state index is -1.04. The van der Waals surface area contributed by atoms with Gasteiger partial charge in [0.05, 0.1) is 0 Å². The second kappa shape index (κ2) is 8.80. The van der Waals surface area contributed by atoms with E-state index in [2.05, 4.69) is 10.6 Å². The maximum atomic E-state index is 13.1. The number of benzene rings is 2. The van der Waals surface area contributed by atoms with Gasteiger partial charge in [-0.1, -0.05) is 12.1 Å². The molecule has 3 amide bonds. The molecule has 6 nitrogen and oxygen atoms in total. The zero-order valence-corrected chi connectivity index (χ0v) is 14.4. The van der Waals surface area contributed by atoms with E-state index in [1.54, 1.807) is 38.4 Å². The smallest absolute Gasteiger partial charge is 0.319 e. The summed E-state index contributed by atoms with van der Waals surface area (Å²) in [6, 6.07) is 9.43. The number of urea groups is 1. The Balaban J connectivity index is 1.86. The number of likely N-dealkylation sites (N-methyl/N-ethyl adjacent to an activating group) is 1. The fourth-order valence-corrected chi connectivity index (χ4v) is 1.95. The topological polar surface area (TPSA) is 70.7 Å². The van der Waals surface area contributed by atoms with Gasteiger partial charge in [0, 0.05) is 32.4 Å². The van der Waals surface area contributed by atoms with Crippen molar-refractivity contribution in [2.75, 3.05) is 26.0 Å². The summed E-state index contributed by atoms with van der Waals surface area (Å²) in [6.07, 6.45) is 0. The zero-order chi connectivity index (χ0) is 19.1. The largest absolute Gasteiger partial charge is 0.484 e. The van der Waals surface area contributed by atoms with Crippen LogP contribution in [0.3, 0.4) is 0 Å². The number of nitrogens with zero attached hydrogens (tertiary/aromatic N) is 1. The Hall–Kier alpha value is -3.16. The van der Waals surface area contributed by atoms with Crippen molar-refractivity contribution < 1.29 is 23.1 Å². The molecule has 0 heterocycles. The summed E-state index contributed by atoms with van der Waals surface area (Å²) >= 11 is 0. The Labute approximate surface area is 149 Å². The lowest BCUT2D eigenvalue weighted by atomic mass is 10.2. The number of hydrogen-bond acceptors (Lipinski definition) is 3. The maximum absolute atomic E-state index is 13.1. The second-order valence-corrected chi connectivity index (χ2v) is 5.66. The Bertz CT molecular complexity index is 797. The molecule has 138 valence electrons. The third kappa shape index (κ3) is 5.73. The molecular formula is C18H19F2N3O3. The van der Waals surface area contributed by atoms with Gasteiger partial charge in [-0.15, -0.1) is 0 Å². The van der Waals surface area contributed by atoms with Gasteiger partial charge in [-0.25, -0.2) is 13.6 Å². The molecule has 0 fully saturated rings. The van der Waals surface area contributed by atoms with Gasteiger partial charge in [-0.05, 0) is 29.8 Å². The standard InChI is InChI=1S/C18H19F2N3O3/c1-23(2)17(24)11-26-14-5-3-4-12(8-14)10-21-18(25)22-13-6-7-15(19)16(20)9-13/h3-9H,10-11H2,1-2H3,(H2,21,22,25). The summed E-state index contributed by atoms with van der Waals surface area (Å²) in [5.74, 6) is -1.69. The van der Waals surface area contributed by atoms with Gasteiger partial charge >= 0.3 is 6.03 Å². The Morgan fingerprint density at radius 3 is 2.54 bits per heavy atom. The first-order chi connectivity index (χ1) is 12.3. The van der Waals surface area contributed by atoms with Crippen molar-refractivity contribution in [3.63, 3.8) is 0 Å². The highest BCUT2D eigenvalue weighted by Crippen LogP contribution is 2.14. The predicted molar refractivity (Wildman–Crippen MR) is 92.8 cm³/mol. The van der Waals surface area contributed by atoms with Gasteiger partial charge < -0.3 is 20.3 Å². The van der Waals surface area contributed by atoms with E-state index in [0.717, 1.165) is 17.7 Å². The van der Waals surface area contributed by atoms with Crippen LogP contribution in [0.4, 0.5) is 19.3 Å². The van der Waals surface area contributed by atoms with E-state index in [-0.39, 0.29) is 24.7 Å². The molecule has 0 unspecified atom stereocenters. The predicted octanol–water partition coefficient (Wildman–Crippen LogP) is 2.75. The molecule has 26 heavy (non-hydrogen) atoms. The van der Waals surface area contributed by atoms with Crippen molar-refractivity contribution in [2.45, 2.75) is 6.54 Å². The fraction of sp³-hybridized carbons (Fsp3) is 0.222. The molecule has 0 saturated carbocycles. The molecule has 0 spiro atoms. The first kappa shape index (κ1) is 19.2. The lowest BCUT2D eigenvalue weighted by Gasteiger charge is -2.12. The first-order valence-corrected chi connectivity index (χ1v) is 7.77. The van der Waals surface area contributed by atoms with Gasteiger partial charge in [-0.2, -0.15) is 0 Å². The summed E-state index contributed by atoms with van der Waals surface area (Å²) in [4.78, 5) is 24.8. The summed E-state index contributed by atoms with van der Waals surface area (Å²) in [7, 11) is 3.27. The van der Waals surface area contributed by atoms with Crippen molar-refractivity contribution in [1.29, 1.82) is 0 Å². The summed E-state index contributed by atoms with van der Waals surface area (Å²) in [6.45, 7) is 0.106. The van der Waals surface area contributed by atoms with E-state index in [1.807, 2.05) is 0 Å². The van der Waals surface area contributed by atoms with Crippen molar-refractivity contribution in [3.05, 3.63) is 59.7 Å². The average Bonchev–Trinajstić information content (AvgIpc) is 2.61. The molecule has 0 aliphatic heterocycles. The van der Waals surface area contributed by atoms with Gasteiger partial charge in [0.15, 0.2) is 18.2 Å². The van der Waals surface area contributed by atoms with E-state index in [4.69, 9.17) is 4.74 Å². The fourth-order valence-electron chi connectivity index (χ4n) is 1.95. The first-order valence-electron chi connectivity index (χ1n) is 7.77. The molecule has 2 aromatic rings. The molecule has 2 N–H and O–H groups in total. The summed E-state index contributed by atoms with van der Waals surface area (Å²) in [5.41, 5.74) is 0.890. The number of hydrogen-bond donors (Lipinski definition) is 2. The van der Waals surface area contributed by atoms with Crippen LogP contribution in [0, 0.1) is 11.6 Å². The molecule has 0 radical (unpaired) electrons. The number of nitrogens with one attached hydrogen (secondary N) is 2. The van der Waals surface area contributed by atoms with Gasteiger partial charge in [-0.3, -0.25) is 4.79 Å². The third-order valence-corrected chi connectivity index (χ3v) is 3.39. The number of anilines is 1. The molecule has 0 aliphatic carbocycles. The van der Waals surface area contributed by atoms with E-state index in [0.29, 0.717) is 5.75 Å². The zero-order valence-electron chi connectivity index (χ0n) is 14.4. The van der Waals surface area contributed by atoms with Crippen LogP contribution in [-0.4, -0.2) is 37.5 Å². The van der Waals surface area contributed by atoms with Crippen LogP contribution in [-0.2, 0) is 11.3 Å².